The van der Waals surface area contributed by atoms with Crippen LogP contribution in [0.1, 0.15) is 12.8 Å². The molecule has 0 aliphatic carbocycles. The normalized spacial score (nSPS) is 14.7. The summed E-state index contributed by atoms with van der Waals surface area (Å²) >= 11 is 3.29. The largest absolute Gasteiger partial charge is 0.492 e. The Morgan fingerprint density at radius 1 is 1.03 bits per heavy atom. The van der Waals surface area contributed by atoms with E-state index in [0.717, 1.165) is 27.9 Å². The first kappa shape index (κ1) is 25.5. The Hall–Kier alpha value is -2.15. The Bertz CT molecular complexity index is 1160. The second-order valence-electron chi connectivity index (χ2n) is 7.53. The summed E-state index contributed by atoms with van der Waals surface area (Å²) in [6.45, 7) is 1.02. The minimum absolute atomic E-state index is 0.140. The van der Waals surface area contributed by atoms with E-state index >= 15 is 0 Å². The first-order valence-corrected chi connectivity index (χ1v) is 14.4. The average Bonchev–Trinajstić information content (AvgIpc) is 3.31. The van der Waals surface area contributed by atoms with Crippen LogP contribution in [0.2, 0.25) is 0 Å². The molecular formula is C21H26BrN3O6S2. The fourth-order valence-corrected chi connectivity index (χ4v) is 5.98. The number of sulfonamides is 2. The zero-order valence-corrected chi connectivity index (χ0v) is 21.3. The van der Waals surface area contributed by atoms with Crippen LogP contribution in [0.25, 0.3) is 0 Å². The Morgan fingerprint density at radius 2 is 1.64 bits per heavy atom. The smallest absolute Gasteiger partial charge is 0.243 e. The van der Waals surface area contributed by atoms with E-state index in [1.54, 1.807) is 36.4 Å². The number of hydrogen-bond donors (Lipinski definition) is 1. The maximum absolute atomic E-state index is 12.5. The van der Waals surface area contributed by atoms with Crippen molar-refractivity contribution in [3.05, 3.63) is 53.0 Å². The van der Waals surface area contributed by atoms with Crippen molar-refractivity contribution in [3.8, 4) is 5.75 Å². The van der Waals surface area contributed by atoms with E-state index in [4.69, 9.17) is 4.74 Å². The van der Waals surface area contributed by atoms with E-state index in [1.807, 2.05) is 0 Å². The third kappa shape index (κ3) is 6.92. The van der Waals surface area contributed by atoms with Crippen molar-refractivity contribution in [3.63, 3.8) is 0 Å². The molecule has 33 heavy (non-hydrogen) atoms. The molecule has 1 N–H and O–H groups in total. The Kier molecular flexibility index (Phi) is 8.38. The van der Waals surface area contributed by atoms with Crippen molar-refractivity contribution in [1.29, 1.82) is 0 Å². The van der Waals surface area contributed by atoms with E-state index in [9.17, 15) is 21.6 Å². The standard InChI is InChI=1S/C21H26BrN3O6S2/c1-32(27,28)25(18-6-4-17(22)5-7-18)16-21(26)23-12-15-31-19-8-10-20(11-9-19)33(29,30)24-13-2-3-14-24/h4-11H,2-3,12-16H2,1H3,(H,23,26). The highest BCUT2D eigenvalue weighted by Crippen LogP contribution is 2.23. The van der Waals surface area contributed by atoms with E-state index in [0.29, 0.717) is 24.5 Å². The molecule has 0 atom stereocenters. The number of benzene rings is 2. The van der Waals surface area contributed by atoms with E-state index < -0.39 is 26.0 Å². The second kappa shape index (κ2) is 10.9. The molecule has 1 saturated heterocycles. The molecule has 180 valence electrons. The van der Waals surface area contributed by atoms with Crippen LogP contribution >= 0.6 is 15.9 Å². The predicted octanol–water partition coefficient (Wildman–Crippen LogP) is 2.19. The molecule has 0 spiro atoms. The number of halogens is 1. The molecule has 2 aromatic carbocycles. The van der Waals surface area contributed by atoms with Crippen molar-refractivity contribution in [2.24, 2.45) is 0 Å². The van der Waals surface area contributed by atoms with Crippen LogP contribution < -0.4 is 14.4 Å². The van der Waals surface area contributed by atoms with Gasteiger partial charge in [0.05, 0.1) is 23.4 Å². The average molecular weight is 560 g/mol. The highest BCUT2D eigenvalue weighted by atomic mass is 79.9. The third-order valence-electron chi connectivity index (χ3n) is 5.02. The number of anilines is 1. The number of nitrogens with one attached hydrogen (secondary N) is 1. The van der Waals surface area contributed by atoms with Gasteiger partial charge in [-0.25, -0.2) is 16.8 Å². The van der Waals surface area contributed by atoms with Gasteiger partial charge < -0.3 is 10.1 Å². The third-order valence-corrected chi connectivity index (χ3v) is 8.60. The van der Waals surface area contributed by atoms with Gasteiger partial charge in [0.1, 0.15) is 18.9 Å². The van der Waals surface area contributed by atoms with E-state index in [1.165, 1.54) is 16.4 Å². The lowest BCUT2D eigenvalue weighted by Gasteiger charge is -2.22. The van der Waals surface area contributed by atoms with Crippen LogP contribution in [-0.4, -0.2) is 66.1 Å². The van der Waals surface area contributed by atoms with E-state index in [-0.39, 0.29) is 24.6 Å². The lowest BCUT2D eigenvalue weighted by molar-refractivity contribution is -0.119. The van der Waals surface area contributed by atoms with Crippen molar-refractivity contribution >= 4 is 47.6 Å². The van der Waals surface area contributed by atoms with Gasteiger partial charge in [-0.05, 0) is 61.4 Å². The highest BCUT2D eigenvalue weighted by Gasteiger charge is 2.27. The highest BCUT2D eigenvalue weighted by molar-refractivity contribution is 9.10. The lowest BCUT2D eigenvalue weighted by atomic mass is 10.3. The first-order valence-electron chi connectivity index (χ1n) is 10.3. The summed E-state index contributed by atoms with van der Waals surface area (Å²) in [7, 11) is -7.13. The first-order chi connectivity index (χ1) is 15.6. The monoisotopic (exact) mass is 559 g/mol. The predicted molar refractivity (Wildman–Crippen MR) is 129 cm³/mol. The van der Waals surface area contributed by atoms with Crippen LogP contribution in [0.5, 0.6) is 5.75 Å². The molecule has 12 heteroatoms. The summed E-state index contributed by atoms with van der Waals surface area (Å²) < 4.78 is 58.2. The Labute approximate surface area is 203 Å². The van der Waals surface area contributed by atoms with Crippen LogP contribution in [-0.2, 0) is 24.8 Å². The van der Waals surface area contributed by atoms with Gasteiger partial charge >= 0.3 is 0 Å². The zero-order valence-electron chi connectivity index (χ0n) is 18.1. The summed E-state index contributed by atoms with van der Waals surface area (Å²) in [4.78, 5) is 12.5. The number of nitrogens with zero attached hydrogens (tertiary/aromatic N) is 2. The summed E-state index contributed by atoms with van der Waals surface area (Å²) in [5, 5.41) is 2.63. The molecule has 1 amide bonds. The number of hydrogen-bond acceptors (Lipinski definition) is 6. The molecule has 1 aliphatic rings. The van der Waals surface area contributed by atoms with Crippen molar-refractivity contribution in [2.45, 2.75) is 17.7 Å². The number of rotatable bonds is 10. The van der Waals surface area contributed by atoms with Crippen molar-refractivity contribution < 1.29 is 26.4 Å². The van der Waals surface area contributed by atoms with Crippen molar-refractivity contribution in [2.75, 3.05) is 43.3 Å². The van der Waals surface area contributed by atoms with Crippen LogP contribution in [0.3, 0.4) is 0 Å². The molecule has 0 bridgehead atoms. The molecule has 0 radical (unpaired) electrons. The fraction of sp³-hybridized carbons (Fsp3) is 0.381. The van der Waals surface area contributed by atoms with Gasteiger partial charge in [0.15, 0.2) is 0 Å². The summed E-state index contributed by atoms with van der Waals surface area (Å²) in [5.74, 6) is -0.00348. The summed E-state index contributed by atoms with van der Waals surface area (Å²) in [6, 6.07) is 12.8. The molecule has 1 fully saturated rings. The zero-order chi connectivity index (χ0) is 24.1. The molecule has 9 nitrogen and oxygen atoms in total. The van der Waals surface area contributed by atoms with Crippen molar-refractivity contribution in [1.82, 2.24) is 9.62 Å². The molecule has 0 saturated carbocycles. The minimum Gasteiger partial charge on any atom is -0.492 e. The number of ether oxygens (including phenoxy) is 1. The number of carbonyl (C=O) groups excluding carboxylic acids is 1. The quantitative estimate of drug-likeness (QED) is 0.446. The SMILES string of the molecule is CS(=O)(=O)N(CC(=O)NCCOc1ccc(S(=O)(=O)N2CCCC2)cc1)c1ccc(Br)cc1. The minimum atomic E-state index is -3.65. The molecule has 1 heterocycles. The summed E-state index contributed by atoms with van der Waals surface area (Å²) in [6.07, 6.45) is 2.79. The Balaban J connectivity index is 1.49. The van der Waals surface area contributed by atoms with Gasteiger partial charge in [-0.2, -0.15) is 4.31 Å². The molecule has 3 rings (SSSR count). The van der Waals surface area contributed by atoms with Crippen LogP contribution in [0.15, 0.2) is 57.9 Å². The van der Waals surface area contributed by atoms with Crippen LogP contribution in [0, 0.1) is 0 Å². The van der Waals surface area contributed by atoms with E-state index in [2.05, 4.69) is 21.2 Å². The van der Waals surface area contributed by atoms with Gasteiger partial charge in [0, 0.05) is 17.6 Å². The summed E-state index contributed by atoms with van der Waals surface area (Å²) in [5.41, 5.74) is 0.385. The molecule has 2 aromatic rings. The maximum Gasteiger partial charge on any atom is 0.243 e. The lowest BCUT2D eigenvalue weighted by Crippen LogP contribution is -2.41. The van der Waals surface area contributed by atoms with Crippen LogP contribution in [0.4, 0.5) is 5.69 Å². The van der Waals surface area contributed by atoms with Gasteiger partial charge in [-0.15, -0.1) is 0 Å². The fourth-order valence-electron chi connectivity index (χ4n) is 3.34. The van der Waals surface area contributed by atoms with Gasteiger partial charge in [-0.3, -0.25) is 9.10 Å². The van der Waals surface area contributed by atoms with Gasteiger partial charge in [0.2, 0.25) is 26.0 Å². The second-order valence-corrected chi connectivity index (χ2v) is 12.3. The molecule has 0 aromatic heterocycles. The number of carbonyl (C=O) groups is 1. The topological polar surface area (TPSA) is 113 Å². The number of amides is 1. The van der Waals surface area contributed by atoms with Gasteiger partial charge in [-0.1, -0.05) is 15.9 Å². The Morgan fingerprint density at radius 3 is 2.21 bits per heavy atom. The molecule has 0 unspecified atom stereocenters. The molecular weight excluding hydrogens is 534 g/mol. The van der Waals surface area contributed by atoms with Gasteiger partial charge in [0.25, 0.3) is 0 Å². The molecule has 1 aliphatic heterocycles. The maximum atomic E-state index is 12.5.